The molecule has 0 spiro atoms. The first kappa shape index (κ1) is 26.5. The maximum Gasteiger partial charge on any atom is 0.433 e. The van der Waals surface area contributed by atoms with Crippen LogP contribution < -0.4 is 20.1 Å². The summed E-state index contributed by atoms with van der Waals surface area (Å²) in [7, 11) is 0. The van der Waals surface area contributed by atoms with Gasteiger partial charge in [-0.1, -0.05) is 6.07 Å². The second-order valence-corrected chi connectivity index (χ2v) is 9.23. The SMILES string of the molecule is CC(C)(C)OC(=O)N1CCn2c1cc(OCc1ccc(Oc3ccnc(C(F)(F)F)c3)c(C#N)c1)nc2=O. The molecule has 4 rings (SSSR count). The molecule has 2 aromatic heterocycles. The van der Waals surface area contributed by atoms with Gasteiger partial charge >= 0.3 is 18.0 Å². The number of pyridine rings is 1. The van der Waals surface area contributed by atoms with Gasteiger partial charge in [-0.2, -0.15) is 23.4 Å². The molecular weight excluding hydrogens is 507 g/mol. The third kappa shape index (κ3) is 6.03. The molecule has 13 heteroatoms. The largest absolute Gasteiger partial charge is 0.473 e. The van der Waals surface area contributed by atoms with E-state index in [1.54, 1.807) is 26.8 Å². The van der Waals surface area contributed by atoms with Gasteiger partial charge in [0, 0.05) is 31.4 Å². The average molecular weight is 529 g/mol. The Morgan fingerprint density at radius 2 is 1.89 bits per heavy atom. The van der Waals surface area contributed by atoms with Crippen molar-refractivity contribution in [2.75, 3.05) is 11.4 Å². The summed E-state index contributed by atoms with van der Waals surface area (Å²) in [6.45, 7) is 5.61. The number of amides is 1. The summed E-state index contributed by atoms with van der Waals surface area (Å²) in [5.74, 6) is 0.154. The molecule has 3 aromatic rings. The minimum absolute atomic E-state index is 0.0352. The normalized spacial score (nSPS) is 13.0. The van der Waals surface area contributed by atoms with Crippen molar-refractivity contribution in [3.8, 4) is 23.4 Å². The van der Waals surface area contributed by atoms with E-state index in [0.29, 0.717) is 5.56 Å². The van der Waals surface area contributed by atoms with Gasteiger partial charge in [-0.25, -0.2) is 9.59 Å². The van der Waals surface area contributed by atoms with Crippen LogP contribution in [0, 0.1) is 11.3 Å². The fourth-order valence-corrected chi connectivity index (χ4v) is 3.55. The van der Waals surface area contributed by atoms with Crippen molar-refractivity contribution in [2.24, 2.45) is 0 Å². The molecule has 38 heavy (non-hydrogen) atoms. The van der Waals surface area contributed by atoms with Crippen LogP contribution in [0.5, 0.6) is 17.4 Å². The number of halogens is 3. The van der Waals surface area contributed by atoms with E-state index in [2.05, 4.69) is 9.97 Å². The monoisotopic (exact) mass is 529 g/mol. The van der Waals surface area contributed by atoms with Crippen molar-refractivity contribution in [2.45, 2.75) is 45.7 Å². The van der Waals surface area contributed by atoms with Crippen LogP contribution in [0.2, 0.25) is 0 Å². The van der Waals surface area contributed by atoms with Gasteiger partial charge in [0.15, 0.2) is 0 Å². The molecule has 0 atom stereocenters. The van der Waals surface area contributed by atoms with Crippen LogP contribution in [0.25, 0.3) is 0 Å². The number of alkyl halides is 3. The Morgan fingerprint density at radius 1 is 1.13 bits per heavy atom. The Kier molecular flexibility index (Phi) is 6.99. The van der Waals surface area contributed by atoms with Crippen LogP contribution in [0.15, 0.2) is 47.4 Å². The fraction of sp³-hybridized carbons (Fsp3) is 0.320. The molecule has 0 saturated heterocycles. The standard InChI is InChI=1S/C25H22F3N5O5/c1-24(2,3)38-23(35)33-9-8-32-21(33)12-20(31-22(32)34)36-14-15-4-5-18(16(10-15)13-29)37-17-6-7-30-19(11-17)25(26,27)28/h4-7,10-12H,8-9,14H2,1-3H3. The molecule has 10 nitrogen and oxygen atoms in total. The number of ether oxygens (including phenoxy) is 3. The topological polar surface area (TPSA) is 120 Å². The summed E-state index contributed by atoms with van der Waals surface area (Å²) >= 11 is 0. The van der Waals surface area contributed by atoms with Crippen LogP contribution >= 0.6 is 0 Å². The first-order valence-electron chi connectivity index (χ1n) is 11.3. The van der Waals surface area contributed by atoms with Gasteiger partial charge in [-0.05, 0) is 44.5 Å². The van der Waals surface area contributed by atoms with E-state index in [0.717, 1.165) is 12.3 Å². The number of carbonyl (C=O) groups is 1. The second-order valence-electron chi connectivity index (χ2n) is 9.23. The number of hydrogen-bond donors (Lipinski definition) is 0. The Morgan fingerprint density at radius 3 is 2.58 bits per heavy atom. The highest BCUT2D eigenvalue weighted by molar-refractivity contribution is 5.87. The number of rotatable bonds is 5. The van der Waals surface area contributed by atoms with Gasteiger partial charge in [0.25, 0.3) is 0 Å². The van der Waals surface area contributed by atoms with Gasteiger partial charge in [0.1, 0.15) is 41.3 Å². The Labute approximate surface area is 214 Å². The maximum absolute atomic E-state index is 12.9. The molecule has 0 bridgehead atoms. The highest BCUT2D eigenvalue weighted by Gasteiger charge is 2.33. The zero-order valence-corrected chi connectivity index (χ0v) is 20.6. The van der Waals surface area contributed by atoms with Gasteiger partial charge in [0.2, 0.25) is 5.88 Å². The number of carbonyl (C=O) groups excluding carboxylic acids is 1. The lowest BCUT2D eigenvalue weighted by molar-refractivity contribution is -0.141. The lowest BCUT2D eigenvalue weighted by atomic mass is 10.1. The van der Waals surface area contributed by atoms with Crippen LogP contribution in [0.3, 0.4) is 0 Å². The maximum atomic E-state index is 12.9. The molecular formula is C25H22F3N5O5. The molecule has 0 saturated carbocycles. The van der Waals surface area contributed by atoms with E-state index in [-0.39, 0.29) is 48.5 Å². The van der Waals surface area contributed by atoms with Gasteiger partial charge < -0.3 is 14.2 Å². The number of anilines is 1. The second kappa shape index (κ2) is 10.0. The number of nitrogens with zero attached hydrogens (tertiary/aromatic N) is 5. The lowest BCUT2D eigenvalue weighted by Gasteiger charge is -2.24. The van der Waals surface area contributed by atoms with Crippen molar-refractivity contribution in [1.82, 2.24) is 14.5 Å². The summed E-state index contributed by atoms with van der Waals surface area (Å²) < 4.78 is 56.6. The van der Waals surface area contributed by atoms with E-state index in [1.807, 2.05) is 6.07 Å². The van der Waals surface area contributed by atoms with E-state index >= 15 is 0 Å². The van der Waals surface area contributed by atoms with E-state index in [1.165, 1.54) is 33.7 Å². The first-order chi connectivity index (χ1) is 17.8. The number of nitriles is 1. The van der Waals surface area contributed by atoms with Crippen molar-refractivity contribution in [3.05, 3.63) is 69.9 Å². The predicted octanol–water partition coefficient (Wildman–Crippen LogP) is 4.66. The Hall–Kier alpha value is -4.60. The van der Waals surface area contributed by atoms with Crippen molar-refractivity contribution in [3.63, 3.8) is 0 Å². The third-order valence-electron chi connectivity index (χ3n) is 5.20. The van der Waals surface area contributed by atoms with E-state index < -0.39 is 29.3 Å². The molecule has 198 valence electrons. The fourth-order valence-electron chi connectivity index (χ4n) is 3.55. The summed E-state index contributed by atoms with van der Waals surface area (Å²) in [4.78, 5) is 33.5. The Balaban J connectivity index is 1.49. The molecule has 1 aliphatic rings. The number of fused-ring (bicyclic) bond motifs is 1. The zero-order valence-electron chi connectivity index (χ0n) is 20.6. The smallest absolute Gasteiger partial charge is 0.433 e. The molecule has 1 aromatic carbocycles. The van der Waals surface area contributed by atoms with E-state index in [9.17, 15) is 28.0 Å². The van der Waals surface area contributed by atoms with E-state index in [4.69, 9.17) is 14.2 Å². The van der Waals surface area contributed by atoms with Crippen LogP contribution in [-0.2, 0) is 24.1 Å². The molecule has 1 aliphatic heterocycles. The summed E-state index contributed by atoms with van der Waals surface area (Å²) in [5.41, 5.74) is -1.88. The molecule has 0 unspecified atom stereocenters. The van der Waals surface area contributed by atoms with Crippen molar-refractivity contribution >= 4 is 11.9 Å². The highest BCUT2D eigenvalue weighted by atomic mass is 19.4. The summed E-state index contributed by atoms with van der Waals surface area (Å²) in [6.07, 6.45) is -4.29. The van der Waals surface area contributed by atoms with Gasteiger partial charge in [-0.3, -0.25) is 14.5 Å². The average Bonchev–Trinajstić information content (AvgIpc) is 3.27. The minimum atomic E-state index is -4.64. The molecule has 0 radical (unpaired) electrons. The number of aromatic nitrogens is 3. The summed E-state index contributed by atoms with van der Waals surface area (Å²) in [6, 6.07) is 9.76. The summed E-state index contributed by atoms with van der Waals surface area (Å²) in [5, 5.41) is 9.52. The van der Waals surface area contributed by atoms with Gasteiger partial charge in [-0.15, -0.1) is 0 Å². The molecule has 0 fully saturated rings. The zero-order chi connectivity index (χ0) is 27.7. The first-order valence-corrected chi connectivity index (χ1v) is 11.3. The van der Waals surface area contributed by atoms with Gasteiger partial charge in [0.05, 0.1) is 5.56 Å². The van der Waals surface area contributed by atoms with Crippen LogP contribution in [0.4, 0.5) is 23.8 Å². The lowest BCUT2D eigenvalue weighted by Crippen LogP contribution is -2.36. The van der Waals surface area contributed by atoms with Crippen molar-refractivity contribution in [1.29, 1.82) is 5.26 Å². The molecule has 0 N–H and O–H groups in total. The Bertz CT molecular complexity index is 1470. The third-order valence-corrected chi connectivity index (χ3v) is 5.20. The predicted molar refractivity (Wildman–Crippen MR) is 127 cm³/mol. The minimum Gasteiger partial charge on any atom is -0.473 e. The molecule has 3 heterocycles. The number of hydrogen-bond acceptors (Lipinski definition) is 8. The molecule has 1 amide bonds. The quantitative estimate of drug-likeness (QED) is 0.468. The van der Waals surface area contributed by atoms with Crippen LogP contribution in [0.1, 0.15) is 37.6 Å². The number of benzene rings is 1. The molecule has 0 aliphatic carbocycles. The highest BCUT2D eigenvalue weighted by Crippen LogP contribution is 2.32. The van der Waals surface area contributed by atoms with Crippen LogP contribution in [-0.4, -0.2) is 32.8 Å². The van der Waals surface area contributed by atoms with Crippen molar-refractivity contribution < 1.29 is 32.2 Å².